The van der Waals surface area contributed by atoms with Gasteiger partial charge in [0.25, 0.3) is 0 Å². The minimum absolute atomic E-state index is 0.0132. The highest BCUT2D eigenvalue weighted by molar-refractivity contribution is 7.09. The Morgan fingerprint density at radius 2 is 2.25 bits per heavy atom. The lowest BCUT2D eigenvalue weighted by atomic mass is 10.2. The molecule has 6 heteroatoms. The molecule has 0 spiro atoms. The predicted octanol–water partition coefficient (Wildman–Crippen LogP) is 2.08. The fraction of sp³-hybridized carbons (Fsp3) is 0.800. The van der Waals surface area contributed by atoms with Crippen LogP contribution >= 0.6 is 11.5 Å². The molecule has 0 saturated carbocycles. The monoisotopic (exact) mass is 245 g/mol. The molecular formula is C10H19N3O2S. The third-order valence-electron chi connectivity index (χ3n) is 2.05. The first-order chi connectivity index (χ1) is 7.81. The van der Waals surface area contributed by atoms with E-state index in [1.54, 1.807) is 7.11 Å². The third-order valence-corrected chi connectivity index (χ3v) is 2.74. The van der Waals surface area contributed by atoms with Crippen LogP contribution < -0.4 is 5.32 Å². The highest BCUT2D eigenvalue weighted by Crippen LogP contribution is 2.21. The van der Waals surface area contributed by atoms with E-state index in [1.807, 2.05) is 6.92 Å². The quantitative estimate of drug-likeness (QED) is 0.711. The van der Waals surface area contributed by atoms with Crippen molar-refractivity contribution in [3.8, 4) is 0 Å². The van der Waals surface area contributed by atoms with Crippen molar-refractivity contribution < 1.29 is 9.47 Å². The SMILES string of the molecule is CCOC(CC)c1nsc(NCCOC)n1. The Bertz CT molecular complexity index is 293. The highest BCUT2D eigenvalue weighted by Gasteiger charge is 2.14. The van der Waals surface area contributed by atoms with Crippen molar-refractivity contribution in [1.29, 1.82) is 0 Å². The first kappa shape index (κ1) is 13.3. The summed E-state index contributed by atoms with van der Waals surface area (Å²) in [5.41, 5.74) is 0. The van der Waals surface area contributed by atoms with Crippen LogP contribution in [-0.2, 0) is 9.47 Å². The lowest BCUT2D eigenvalue weighted by molar-refractivity contribution is 0.0544. The van der Waals surface area contributed by atoms with Gasteiger partial charge in [-0.15, -0.1) is 0 Å². The van der Waals surface area contributed by atoms with Crippen LogP contribution in [0.4, 0.5) is 5.13 Å². The molecule has 1 aromatic heterocycles. The van der Waals surface area contributed by atoms with Gasteiger partial charge in [0, 0.05) is 31.8 Å². The average Bonchev–Trinajstić information content (AvgIpc) is 2.75. The van der Waals surface area contributed by atoms with Crippen molar-refractivity contribution >= 4 is 16.7 Å². The molecule has 0 radical (unpaired) electrons. The molecule has 0 bridgehead atoms. The van der Waals surface area contributed by atoms with Crippen molar-refractivity contribution in [2.75, 3.05) is 32.2 Å². The van der Waals surface area contributed by atoms with Gasteiger partial charge < -0.3 is 14.8 Å². The van der Waals surface area contributed by atoms with Gasteiger partial charge in [-0.3, -0.25) is 0 Å². The summed E-state index contributed by atoms with van der Waals surface area (Å²) in [6.07, 6.45) is 0.904. The Morgan fingerprint density at radius 1 is 1.44 bits per heavy atom. The number of anilines is 1. The van der Waals surface area contributed by atoms with Gasteiger partial charge >= 0.3 is 0 Å². The molecule has 0 fully saturated rings. The first-order valence-electron chi connectivity index (χ1n) is 5.49. The van der Waals surface area contributed by atoms with E-state index in [4.69, 9.17) is 9.47 Å². The van der Waals surface area contributed by atoms with Crippen LogP contribution in [0.3, 0.4) is 0 Å². The second kappa shape index (κ2) is 7.54. The maximum atomic E-state index is 5.55. The molecule has 16 heavy (non-hydrogen) atoms. The second-order valence-corrected chi connectivity index (χ2v) is 3.98. The maximum absolute atomic E-state index is 5.55. The Hall–Kier alpha value is -0.720. The molecular weight excluding hydrogens is 226 g/mol. The number of aromatic nitrogens is 2. The molecule has 92 valence electrons. The molecule has 1 heterocycles. The van der Waals surface area contributed by atoms with Crippen LogP contribution in [0.25, 0.3) is 0 Å². The zero-order valence-electron chi connectivity index (χ0n) is 10.0. The summed E-state index contributed by atoms with van der Waals surface area (Å²) < 4.78 is 14.8. The molecule has 0 aliphatic rings. The summed E-state index contributed by atoms with van der Waals surface area (Å²) in [4.78, 5) is 4.39. The topological polar surface area (TPSA) is 56.3 Å². The molecule has 1 rings (SSSR count). The fourth-order valence-corrected chi connectivity index (χ4v) is 1.91. The van der Waals surface area contributed by atoms with Crippen molar-refractivity contribution in [3.05, 3.63) is 5.82 Å². The van der Waals surface area contributed by atoms with Crippen LogP contribution in [-0.4, -0.2) is 36.2 Å². The number of ether oxygens (including phenoxy) is 2. The van der Waals surface area contributed by atoms with Crippen LogP contribution in [0, 0.1) is 0 Å². The number of hydrogen-bond donors (Lipinski definition) is 1. The lowest BCUT2D eigenvalue weighted by Crippen LogP contribution is -2.08. The Balaban J connectivity index is 2.48. The van der Waals surface area contributed by atoms with E-state index in [0.717, 1.165) is 23.9 Å². The van der Waals surface area contributed by atoms with Gasteiger partial charge in [0.1, 0.15) is 6.10 Å². The molecule has 0 aliphatic heterocycles. The normalized spacial score (nSPS) is 12.7. The minimum atomic E-state index is 0.0132. The third kappa shape index (κ3) is 4.03. The standard InChI is InChI=1S/C10H19N3O2S/c1-4-8(15-5-2)9-12-10(16-13-9)11-6-7-14-3/h8H,4-7H2,1-3H3,(H,11,12,13). The van der Waals surface area contributed by atoms with E-state index in [0.29, 0.717) is 13.2 Å². The van der Waals surface area contributed by atoms with Gasteiger partial charge in [-0.05, 0) is 13.3 Å². The van der Waals surface area contributed by atoms with Crippen molar-refractivity contribution in [1.82, 2.24) is 9.36 Å². The van der Waals surface area contributed by atoms with E-state index in [9.17, 15) is 0 Å². The van der Waals surface area contributed by atoms with Gasteiger partial charge in [-0.1, -0.05) is 6.92 Å². The van der Waals surface area contributed by atoms with Crippen LogP contribution in [0.15, 0.2) is 0 Å². The van der Waals surface area contributed by atoms with Crippen molar-refractivity contribution in [3.63, 3.8) is 0 Å². The second-order valence-electron chi connectivity index (χ2n) is 3.23. The lowest BCUT2D eigenvalue weighted by Gasteiger charge is -2.10. The predicted molar refractivity (Wildman–Crippen MR) is 64.9 cm³/mol. The molecule has 0 saturated heterocycles. The summed E-state index contributed by atoms with van der Waals surface area (Å²) in [5, 5.41) is 3.98. The smallest absolute Gasteiger partial charge is 0.202 e. The van der Waals surface area contributed by atoms with E-state index in [-0.39, 0.29) is 6.10 Å². The highest BCUT2D eigenvalue weighted by atomic mass is 32.1. The largest absolute Gasteiger partial charge is 0.383 e. The Labute approximate surface area is 100 Å². The molecule has 5 nitrogen and oxygen atoms in total. The van der Waals surface area contributed by atoms with Crippen LogP contribution in [0.1, 0.15) is 32.2 Å². The summed E-state index contributed by atoms with van der Waals surface area (Å²) in [5.74, 6) is 0.772. The molecule has 1 atom stereocenters. The van der Waals surface area contributed by atoms with E-state index in [1.165, 1.54) is 11.5 Å². The Morgan fingerprint density at radius 3 is 2.88 bits per heavy atom. The van der Waals surface area contributed by atoms with E-state index >= 15 is 0 Å². The molecule has 1 aromatic rings. The molecule has 0 aliphatic carbocycles. The number of nitrogens with one attached hydrogen (secondary N) is 1. The van der Waals surface area contributed by atoms with E-state index < -0.39 is 0 Å². The van der Waals surface area contributed by atoms with Gasteiger partial charge in [0.2, 0.25) is 5.13 Å². The average molecular weight is 245 g/mol. The number of rotatable bonds is 8. The van der Waals surface area contributed by atoms with Crippen LogP contribution in [0.5, 0.6) is 0 Å². The van der Waals surface area contributed by atoms with E-state index in [2.05, 4.69) is 21.6 Å². The number of methoxy groups -OCH3 is 1. The van der Waals surface area contributed by atoms with Crippen molar-refractivity contribution in [2.45, 2.75) is 26.4 Å². The molecule has 0 aromatic carbocycles. The van der Waals surface area contributed by atoms with Crippen molar-refractivity contribution in [2.24, 2.45) is 0 Å². The molecule has 1 unspecified atom stereocenters. The summed E-state index contributed by atoms with van der Waals surface area (Å²) in [7, 11) is 1.68. The zero-order chi connectivity index (χ0) is 11.8. The summed E-state index contributed by atoms with van der Waals surface area (Å²) in [6.45, 7) is 6.14. The van der Waals surface area contributed by atoms with Gasteiger partial charge in [0.15, 0.2) is 5.82 Å². The summed E-state index contributed by atoms with van der Waals surface area (Å²) >= 11 is 1.36. The number of nitrogens with zero attached hydrogens (tertiary/aromatic N) is 2. The van der Waals surface area contributed by atoms with Gasteiger partial charge in [0.05, 0.1) is 6.61 Å². The van der Waals surface area contributed by atoms with Gasteiger partial charge in [-0.25, -0.2) is 4.98 Å². The zero-order valence-corrected chi connectivity index (χ0v) is 10.8. The first-order valence-corrected chi connectivity index (χ1v) is 6.27. The fourth-order valence-electron chi connectivity index (χ4n) is 1.27. The molecule has 1 N–H and O–H groups in total. The Kier molecular flexibility index (Phi) is 6.29. The minimum Gasteiger partial charge on any atom is -0.383 e. The van der Waals surface area contributed by atoms with Gasteiger partial charge in [-0.2, -0.15) is 4.37 Å². The maximum Gasteiger partial charge on any atom is 0.202 e. The molecule has 0 amide bonds. The van der Waals surface area contributed by atoms with Crippen LogP contribution in [0.2, 0.25) is 0 Å². The number of hydrogen-bond acceptors (Lipinski definition) is 6. The summed E-state index contributed by atoms with van der Waals surface area (Å²) in [6, 6.07) is 0.